The van der Waals surface area contributed by atoms with Gasteiger partial charge in [0.2, 0.25) is 0 Å². The Kier molecular flexibility index (Phi) is 5.26. The monoisotopic (exact) mass is 264 g/mol. The summed E-state index contributed by atoms with van der Waals surface area (Å²) in [6.45, 7) is 0. The molecule has 1 aliphatic rings. The van der Waals surface area contributed by atoms with E-state index in [1.54, 1.807) is 17.8 Å². The summed E-state index contributed by atoms with van der Waals surface area (Å²) < 4.78 is 0. The Balaban J connectivity index is 1.77. The second-order valence-electron chi connectivity index (χ2n) is 5.04. The average Bonchev–Trinajstić information content (AvgIpc) is 2.89. The fourth-order valence-electron chi connectivity index (χ4n) is 2.57. The Morgan fingerprint density at radius 1 is 1.39 bits per heavy atom. The molecule has 2 rings (SSSR count). The topological polar surface area (TPSA) is 37.3 Å². The minimum Gasteiger partial charge on any atom is -0.392 e. The Morgan fingerprint density at radius 2 is 2.17 bits per heavy atom. The summed E-state index contributed by atoms with van der Waals surface area (Å²) in [5.41, 5.74) is 0.699. The summed E-state index contributed by atoms with van der Waals surface area (Å²) in [5.74, 6) is 1.45. The lowest BCUT2D eigenvalue weighted by Crippen LogP contribution is -2.14. The second-order valence-corrected chi connectivity index (χ2v) is 6.13. The minimum atomic E-state index is -0.224. The molecule has 0 heterocycles. The molecule has 1 aromatic rings. The van der Waals surface area contributed by atoms with Gasteiger partial charge in [0.15, 0.2) is 0 Å². The SMILES string of the molecule is O=Cc1cccc(SCC(O)CC2CCCC2)c1. The first-order chi connectivity index (χ1) is 8.78. The van der Waals surface area contributed by atoms with Crippen molar-refractivity contribution in [1.82, 2.24) is 0 Å². The van der Waals surface area contributed by atoms with Crippen molar-refractivity contribution in [3.8, 4) is 0 Å². The van der Waals surface area contributed by atoms with Crippen LogP contribution in [-0.4, -0.2) is 23.2 Å². The van der Waals surface area contributed by atoms with E-state index in [-0.39, 0.29) is 6.10 Å². The van der Waals surface area contributed by atoms with Gasteiger partial charge in [-0.3, -0.25) is 4.79 Å². The lowest BCUT2D eigenvalue weighted by molar-refractivity contribution is 0.112. The van der Waals surface area contributed by atoms with Crippen LogP contribution >= 0.6 is 11.8 Å². The first-order valence-electron chi connectivity index (χ1n) is 6.64. The van der Waals surface area contributed by atoms with E-state index in [4.69, 9.17) is 0 Å². The van der Waals surface area contributed by atoms with Crippen LogP contribution in [0.3, 0.4) is 0 Å². The number of hydrogen-bond donors (Lipinski definition) is 1. The van der Waals surface area contributed by atoms with E-state index >= 15 is 0 Å². The molecule has 18 heavy (non-hydrogen) atoms. The van der Waals surface area contributed by atoms with Crippen molar-refractivity contribution in [2.75, 3.05) is 5.75 Å². The maximum absolute atomic E-state index is 10.7. The highest BCUT2D eigenvalue weighted by molar-refractivity contribution is 7.99. The fraction of sp³-hybridized carbons (Fsp3) is 0.533. The Morgan fingerprint density at radius 3 is 2.89 bits per heavy atom. The van der Waals surface area contributed by atoms with Crippen LogP contribution < -0.4 is 0 Å². The van der Waals surface area contributed by atoms with Gasteiger partial charge in [0, 0.05) is 16.2 Å². The second kappa shape index (κ2) is 6.95. The average molecular weight is 264 g/mol. The molecule has 0 amide bonds. The van der Waals surface area contributed by atoms with Crippen molar-refractivity contribution in [2.24, 2.45) is 5.92 Å². The number of carbonyl (C=O) groups excluding carboxylic acids is 1. The van der Waals surface area contributed by atoms with Crippen LogP contribution in [0.2, 0.25) is 0 Å². The van der Waals surface area contributed by atoms with Crippen molar-refractivity contribution in [1.29, 1.82) is 0 Å². The van der Waals surface area contributed by atoms with E-state index in [2.05, 4.69) is 0 Å². The Hall–Kier alpha value is -0.800. The van der Waals surface area contributed by atoms with Gasteiger partial charge in [-0.1, -0.05) is 37.8 Å². The molecule has 0 radical (unpaired) electrons. The summed E-state index contributed by atoms with van der Waals surface area (Å²) >= 11 is 1.63. The number of rotatable bonds is 6. The number of carbonyl (C=O) groups is 1. The standard InChI is InChI=1S/C15H20O2S/c16-10-13-6-3-7-15(9-13)18-11-14(17)8-12-4-1-2-5-12/h3,6-7,9-10,12,14,17H,1-2,4-5,8,11H2. The Bertz CT molecular complexity index is 386. The van der Waals surface area contributed by atoms with Crippen molar-refractivity contribution < 1.29 is 9.90 Å². The van der Waals surface area contributed by atoms with Crippen LogP contribution in [0.15, 0.2) is 29.2 Å². The normalized spacial score (nSPS) is 17.8. The molecule has 0 saturated heterocycles. The van der Waals surface area contributed by atoms with Crippen LogP contribution in [0.25, 0.3) is 0 Å². The summed E-state index contributed by atoms with van der Waals surface area (Å²) in [7, 11) is 0. The summed E-state index contributed by atoms with van der Waals surface area (Å²) in [6, 6.07) is 7.54. The molecule has 0 spiro atoms. The number of benzene rings is 1. The molecule has 2 nitrogen and oxygen atoms in total. The summed E-state index contributed by atoms with van der Waals surface area (Å²) in [5, 5.41) is 10.0. The molecule has 98 valence electrons. The van der Waals surface area contributed by atoms with Gasteiger partial charge < -0.3 is 5.11 Å². The molecule has 0 aliphatic heterocycles. The highest BCUT2D eigenvalue weighted by Gasteiger charge is 2.18. The highest BCUT2D eigenvalue weighted by Crippen LogP contribution is 2.30. The zero-order valence-corrected chi connectivity index (χ0v) is 11.4. The van der Waals surface area contributed by atoms with E-state index in [0.29, 0.717) is 5.56 Å². The number of aliphatic hydroxyl groups excluding tert-OH is 1. The minimum absolute atomic E-state index is 0.224. The van der Waals surface area contributed by atoms with Gasteiger partial charge in [-0.25, -0.2) is 0 Å². The van der Waals surface area contributed by atoms with Crippen LogP contribution in [0.1, 0.15) is 42.5 Å². The predicted octanol–water partition coefficient (Wildman–Crippen LogP) is 3.53. The van der Waals surface area contributed by atoms with Crippen molar-refractivity contribution in [3.63, 3.8) is 0 Å². The highest BCUT2D eigenvalue weighted by atomic mass is 32.2. The molecule has 1 N–H and O–H groups in total. The molecule has 1 unspecified atom stereocenters. The molecule has 1 saturated carbocycles. The molecule has 1 aromatic carbocycles. The third-order valence-corrected chi connectivity index (χ3v) is 4.66. The molecular weight excluding hydrogens is 244 g/mol. The van der Waals surface area contributed by atoms with E-state index < -0.39 is 0 Å². The van der Waals surface area contributed by atoms with Gasteiger partial charge in [-0.2, -0.15) is 0 Å². The summed E-state index contributed by atoms with van der Waals surface area (Å²) in [4.78, 5) is 11.7. The zero-order chi connectivity index (χ0) is 12.8. The van der Waals surface area contributed by atoms with Gasteiger partial charge in [-0.05, 0) is 24.5 Å². The van der Waals surface area contributed by atoms with Gasteiger partial charge in [0.1, 0.15) is 6.29 Å². The third kappa shape index (κ3) is 4.14. The maximum Gasteiger partial charge on any atom is 0.150 e. The predicted molar refractivity (Wildman–Crippen MR) is 75.1 cm³/mol. The smallest absolute Gasteiger partial charge is 0.150 e. The van der Waals surface area contributed by atoms with Crippen LogP contribution in [0.4, 0.5) is 0 Å². The molecule has 0 bridgehead atoms. The van der Waals surface area contributed by atoms with E-state index in [0.717, 1.165) is 29.3 Å². The van der Waals surface area contributed by atoms with Gasteiger partial charge >= 0.3 is 0 Å². The quantitative estimate of drug-likeness (QED) is 0.631. The Labute approximate surface area is 113 Å². The number of aldehydes is 1. The third-order valence-electron chi connectivity index (χ3n) is 3.52. The van der Waals surface area contributed by atoms with Crippen LogP contribution in [0, 0.1) is 5.92 Å². The van der Waals surface area contributed by atoms with Crippen LogP contribution in [0.5, 0.6) is 0 Å². The molecular formula is C15H20O2S. The summed E-state index contributed by atoms with van der Waals surface area (Å²) in [6.07, 6.45) is 6.78. The lowest BCUT2D eigenvalue weighted by atomic mass is 10.0. The van der Waals surface area contributed by atoms with Crippen molar-refractivity contribution >= 4 is 18.0 Å². The van der Waals surface area contributed by atoms with Gasteiger partial charge in [-0.15, -0.1) is 11.8 Å². The number of hydrogen-bond acceptors (Lipinski definition) is 3. The van der Waals surface area contributed by atoms with E-state index in [9.17, 15) is 9.90 Å². The molecule has 1 atom stereocenters. The number of aliphatic hydroxyl groups is 1. The van der Waals surface area contributed by atoms with E-state index in [1.807, 2.05) is 18.2 Å². The number of thioether (sulfide) groups is 1. The van der Waals surface area contributed by atoms with Crippen LogP contribution in [-0.2, 0) is 0 Å². The molecule has 0 aromatic heterocycles. The molecule has 3 heteroatoms. The molecule has 1 aliphatic carbocycles. The fourth-order valence-corrected chi connectivity index (χ4v) is 3.48. The first kappa shape index (κ1) is 13.6. The maximum atomic E-state index is 10.7. The first-order valence-corrected chi connectivity index (χ1v) is 7.62. The molecule has 1 fully saturated rings. The largest absolute Gasteiger partial charge is 0.392 e. The van der Waals surface area contributed by atoms with E-state index in [1.165, 1.54) is 25.7 Å². The van der Waals surface area contributed by atoms with Crippen molar-refractivity contribution in [3.05, 3.63) is 29.8 Å². The van der Waals surface area contributed by atoms with Gasteiger partial charge in [0.05, 0.1) is 6.10 Å². The van der Waals surface area contributed by atoms with Crippen molar-refractivity contribution in [2.45, 2.75) is 43.1 Å². The van der Waals surface area contributed by atoms with Gasteiger partial charge in [0.25, 0.3) is 0 Å². The lowest BCUT2D eigenvalue weighted by Gasteiger charge is -2.14. The zero-order valence-electron chi connectivity index (χ0n) is 10.5.